The molecule has 0 aliphatic rings. The molecule has 0 saturated carbocycles. The number of aryl methyl sites for hydroxylation is 2. The zero-order valence-corrected chi connectivity index (χ0v) is 46.4. The predicted molar refractivity (Wildman–Crippen MR) is 297 cm³/mol. The zero-order chi connectivity index (χ0) is 58.0. The van der Waals surface area contributed by atoms with Crippen molar-refractivity contribution in [3.05, 3.63) is 118 Å². The largest absolute Gasteiger partial charge is 0.478 e. The first-order chi connectivity index (χ1) is 35.7. The van der Waals surface area contributed by atoms with Crippen LogP contribution in [0.15, 0.2) is 97.1 Å². The molecule has 0 atom stereocenters. The van der Waals surface area contributed by atoms with E-state index in [1.807, 2.05) is 48.5 Å². The summed E-state index contributed by atoms with van der Waals surface area (Å²) in [7, 11) is 0. The van der Waals surface area contributed by atoms with Crippen molar-refractivity contribution < 1.29 is 59.4 Å². The topological polar surface area (TPSA) is 306 Å². The third-order valence-electron chi connectivity index (χ3n) is 10.8. The summed E-state index contributed by atoms with van der Waals surface area (Å²) in [5, 5.41) is 73.1. The highest BCUT2D eigenvalue weighted by Crippen LogP contribution is 2.31. The maximum absolute atomic E-state index is 9.55. The van der Waals surface area contributed by atoms with Crippen molar-refractivity contribution in [2.45, 2.75) is 106 Å². The van der Waals surface area contributed by atoms with Crippen LogP contribution in [-0.2, 0) is 41.6 Å². The number of nitrogens with one attached hydrogen (secondary N) is 2. The third-order valence-corrected chi connectivity index (χ3v) is 11.5. The normalized spacial score (nSPS) is 11.1. The maximum atomic E-state index is 9.55. The molecule has 0 aliphatic carbocycles. The molecule has 22 heteroatoms. The molecule has 20 nitrogen and oxygen atoms in total. The number of likely N-dealkylation sites (N-methyl/N-ethyl adjacent to an activating group) is 2. The Balaban J connectivity index is 0.00000104. The average Bonchev–Trinajstić information content (AvgIpc) is 3.35. The fraction of sp³-hybridized carbons (Fsp3) is 0.407. The lowest BCUT2D eigenvalue weighted by atomic mass is 10.0. The monoisotopic (exact) mass is 1100 g/mol. The quantitative estimate of drug-likeness (QED) is 0.0303. The van der Waals surface area contributed by atoms with E-state index in [4.69, 9.17) is 53.8 Å². The van der Waals surface area contributed by atoms with Gasteiger partial charge in [0.05, 0.1) is 21.4 Å². The number of nitrogens with zero attached hydrogens (tertiary/aromatic N) is 6. The molecule has 0 aliphatic heterocycles. The van der Waals surface area contributed by atoms with Gasteiger partial charge in [-0.15, -0.1) is 20.4 Å². The Morgan fingerprint density at radius 3 is 0.961 bits per heavy atom. The number of carbonyl (C=O) groups is 6. The van der Waals surface area contributed by atoms with Gasteiger partial charge in [-0.05, 0) is 102 Å². The first kappa shape index (κ1) is 68.7. The van der Waals surface area contributed by atoms with E-state index in [2.05, 4.69) is 122 Å². The second kappa shape index (κ2) is 36.6. The molecule has 4 aromatic rings. The van der Waals surface area contributed by atoms with E-state index < -0.39 is 35.8 Å². The lowest BCUT2D eigenvalue weighted by Gasteiger charge is -2.37. The summed E-state index contributed by atoms with van der Waals surface area (Å²) in [5.41, 5.74) is 6.12. The number of halogens is 2. The highest BCUT2D eigenvalue weighted by atomic mass is 35.5. The van der Waals surface area contributed by atoms with E-state index in [0.717, 1.165) is 99.1 Å². The summed E-state index contributed by atoms with van der Waals surface area (Å²) in [4.78, 5) is 62.2. The van der Waals surface area contributed by atoms with Crippen molar-refractivity contribution in [1.29, 1.82) is 0 Å². The summed E-state index contributed by atoms with van der Waals surface area (Å²) in [6.07, 6.45) is 7.34. The second-order valence-electron chi connectivity index (χ2n) is 17.4. The number of benzene rings is 2. The standard InChI is InChI=1S/2C21H31ClN4.3C4H4O4/c2*1-6-11-16-14-19(23-15-21(4,5)26(7-2)8-3)24-25-20(16)17-12-9-10-13-18(17)22;3*5-3(6)1-2-4(7)8/h2*9-10,12-14H,6-8,11,15H2,1-5H3,(H,23,24);3*1-2H,(H,5,6)(H,7,8)/b;;3*2-1+. The van der Waals surface area contributed by atoms with Crippen molar-refractivity contribution in [3.63, 3.8) is 0 Å². The Labute approximate surface area is 455 Å². The SMILES string of the molecule is CCCc1cc(NCC(C)(C)N(CC)CC)nnc1-c1ccccc1Cl.CCCc1cc(NCC(C)(C)N(CC)CC)nnc1-c1ccccc1Cl.O=C(O)/C=C/C(=O)O.O=C(O)/C=C/C(=O)O.O=C(O)/C=C/C(=O)O. The Hall–Kier alpha value is -7.26. The minimum atomic E-state index is -1.26. The molecule has 0 fully saturated rings. The van der Waals surface area contributed by atoms with E-state index in [1.165, 1.54) is 11.1 Å². The number of aromatic nitrogens is 4. The van der Waals surface area contributed by atoms with Crippen molar-refractivity contribution in [2.75, 3.05) is 49.9 Å². The summed E-state index contributed by atoms with van der Waals surface area (Å²) < 4.78 is 0. The van der Waals surface area contributed by atoms with Gasteiger partial charge >= 0.3 is 35.8 Å². The van der Waals surface area contributed by atoms with Crippen LogP contribution in [0.3, 0.4) is 0 Å². The van der Waals surface area contributed by atoms with Gasteiger partial charge in [-0.1, -0.05) is 114 Å². The molecule has 2 aromatic carbocycles. The molecule has 416 valence electrons. The van der Waals surface area contributed by atoms with Crippen LogP contribution in [0.1, 0.15) is 93.2 Å². The molecule has 0 saturated heterocycles. The van der Waals surface area contributed by atoms with Crippen LogP contribution in [0.25, 0.3) is 22.5 Å². The summed E-state index contributed by atoms with van der Waals surface area (Å²) in [6.45, 7) is 27.9. The molecule has 0 amide bonds. The van der Waals surface area contributed by atoms with Gasteiger partial charge in [0.2, 0.25) is 0 Å². The highest BCUT2D eigenvalue weighted by molar-refractivity contribution is 6.33. The lowest BCUT2D eigenvalue weighted by molar-refractivity contribution is -0.134. The number of rotatable bonds is 24. The van der Waals surface area contributed by atoms with Gasteiger partial charge in [0.1, 0.15) is 11.6 Å². The molecule has 2 heterocycles. The minimum Gasteiger partial charge on any atom is -0.478 e. The number of aliphatic carboxylic acids is 6. The number of hydrogen-bond donors (Lipinski definition) is 8. The molecule has 76 heavy (non-hydrogen) atoms. The maximum Gasteiger partial charge on any atom is 0.328 e. The fourth-order valence-corrected chi connectivity index (χ4v) is 7.59. The molecule has 4 rings (SSSR count). The van der Waals surface area contributed by atoms with Crippen LogP contribution >= 0.6 is 23.2 Å². The molecule has 0 radical (unpaired) electrons. The summed E-state index contributed by atoms with van der Waals surface area (Å²) in [6, 6.07) is 19.9. The smallest absolute Gasteiger partial charge is 0.328 e. The van der Waals surface area contributed by atoms with Gasteiger partial charge in [0.15, 0.2) is 0 Å². The number of hydrogen-bond acceptors (Lipinski definition) is 14. The molecule has 0 spiro atoms. The number of carboxylic acids is 6. The van der Waals surface area contributed by atoms with Crippen LogP contribution in [-0.4, -0.2) is 147 Å². The van der Waals surface area contributed by atoms with Gasteiger partial charge in [-0.2, -0.15) is 0 Å². The number of anilines is 2. The van der Waals surface area contributed by atoms with Gasteiger partial charge in [-0.3, -0.25) is 9.80 Å². The predicted octanol–water partition coefficient (Wildman–Crippen LogP) is 9.70. The number of carboxylic acid groups (broad SMARTS) is 6. The van der Waals surface area contributed by atoms with Crippen LogP contribution < -0.4 is 10.6 Å². The average molecular weight is 1100 g/mol. The fourth-order valence-electron chi connectivity index (χ4n) is 7.14. The Kier molecular flexibility index (Phi) is 33.1. The first-order valence-electron chi connectivity index (χ1n) is 24.4. The summed E-state index contributed by atoms with van der Waals surface area (Å²) >= 11 is 12.7. The zero-order valence-electron chi connectivity index (χ0n) is 44.9. The van der Waals surface area contributed by atoms with Gasteiger partial charge in [-0.25, -0.2) is 28.8 Å². The second-order valence-corrected chi connectivity index (χ2v) is 18.2. The van der Waals surface area contributed by atoms with Crippen LogP contribution in [0.4, 0.5) is 11.6 Å². The van der Waals surface area contributed by atoms with E-state index in [0.29, 0.717) is 46.5 Å². The van der Waals surface area contributed by atoms with Crippen molar-refractivity contribution in [1.82, 2.24) is 30.2 Å². The molecule has 0 unspecified atom stereocenters. The van der Waals surface area contributed by atoms with Crippen molar-refractivity contribution in [2.24, 2.45) is 0 Å². The lowest BCUT2D eigenvalue weighted by Crippen LogP contribution is -2.48. The molecular formula is C54H74Cl2N8O12. The van der Waals surface area contributed by atoms with E-state index in [9.17, 15) is 28.8 Å². The van der Waals surface area contributed by atoms with Gasteiger partial charge in [0.25, 0.3) is 0 Å². The van der Waals surface area contributed by atoms with Gasteiger partial charge in [0, 0.05) is 71.8 Å². The Morgan fingerprint density at radius 2 is 0.737 bits per heavy atom. The van der Waals surface area contributed by atoms with Gasteiger partial charge < -0.3 is 41.3 Å². The molecular weight excluding hydrogens is 1020 g/mol. The van der Waals surface area contributed by atoms with E-state index >= 15 is 0 Å². The van der Waals surface area contributed by atoms with Crippen LogP contribution in [0, 0.1) is 0 Å². The first-order valence-corrected chi connectivity index (χ1v) is 25.1. The van der Waals surface area contributed by atoms with Crippen molar-refractivity contribution in [3.8, 4) is 22.5 Å². The summed E-state index contributed by atoms with van der Waals surface area (Å²) in [5.74, 6) is -5.90. The highest BCUT2D eigenvalue weighted by Gasteiger charge is 2.26. The molecule has 0 bridgehead atoms. The van der Waals surface area contributed by atoms with Crippen molar-refractivity contribution >= 4 is 70.7 Å². The molecule has 8 N–H and O–H groups in total. The molecule has 2 aromatic heterocycles. The van der Waals surface area contributed by atoms with Crippen LogP contribution in [0.5, 0.6) is 0 Å². The van der Waals surface area contributed by atoms with E-state index in [1.54, 1.807) is 0 Å². The Morgan fingerprint density at radius 1 is 0.474 bits per heavy atom. The van der Waals surface area contributed by atoms with Crippen LogP contribution in [0.2, 0.25) is 10.0 Å². The Bertz CT molecular complexity index is 2310. The minimum absolute atomic E-state index is 0.0531. The van der Waals surface area contributed by atoms with E-state index in [-0.39, 0.29) is 11.1 Å². The third kappa shape index (κ3) is 27.9.